The van der Waals surface area contributed by atoms with Crippen LogP contribution in [0.2, 0.25) is 0 Å². The molecule has 9 atom stereocenters. The third-order valence-electron chi connectivity index (χ3n) is 10.8. The molecule has 1 amide bonds. The number of esters is 1. The molecule has 0 radical (unpaired) electrons. The van der Waals surface area contributed by atoms with Crippen LogP contribution >= 0.6 is 0 Å². The highest BCUT2D eigenvalue weighted by atomic mass is 16.7. The number of amides is 1. The van der Waals surface area contributed by atoms with E-state index in [9.17, 15) is 35.1 Å². The van der Waals surface area contributed by atoms with E-state index in [-0.39, 0.29) is 60.3 Å². The maximum atomic E-state index is 13.3. The number of carbonyl (C=O) groups is 2. The van der Waals surface area contributed by atoms with Crippen LogP contribution in [-0.2, 0) is 25.5 Å². The average molecular weight is 646 g/mol. The molecule has 13 nitrogen and oxygen atoms in total. The molecule has 2 aliphatic heterocycles. The zero-order chi connectivity index (χ0) is 32.3. The van der Waals surface area contributed by atoms with Crippen LogP contribution in [0, 0.1) is 11.8 Å². The summed E-state index contributed by atoms with van der Waals surface area (Å²) in [7, 11) is 0. The van der Waals surface area contributed by atoms with Gasteiger partial charge in [0, 0.05) is 47.9 Å². The van der Waals surface area contributed by atoms with Gasteiger partial charge in [0.25, 0.3) is 0 Å². The highest BCUT2D eigenvalue weighted by molar-refractivity contribution is 5.97. The number of rotatable bonds is 9. The number of hydrogen-bond donors (Lipinski definition) is 6. The van der Waals surface area contributed by atoms with Crippen LogP contribution in [0.25, 0.3) is 11.0 Å². The van der Waals surface area contributed by atoms with Crippen LogP contribution in [0.4, 0.5) is 0 Å². The van der Waals surface area contributed by atoms with Crippen molar-refractivity contribution in [3.63, 3.8) is 0 Å². The third-order valence-corrected chi connectivity index (χ3v) is 10.8. The minimum Gasteiger partial charge on any atom is -0.483 e. The van der Waals surface area contributed by atoms with Gasteiger partial charge in [-0.1, -0.05) is 0 Å². The minimum atomic E-state index is -2.28. The fourth-order valence-corrected chi connectivity index (χ4v) is 8.50. The van der Waals surface area contributed by atoms with E-state index in [1.165, 1.54) is 0 Å². The SMILES string of the molecule is CCOC(=O)C1Cc2c(OC3OC(CO)C(O)C(O)C3(O)CCO)c(OC3CCCC3)c3occ4c3c2C(C1)CC1C(=O)NCC41. The Morgan fingerprint density at radius 2 is 1.89 bits per heavy atom. The lowest BCUT2D eigenvalue weighted by Gasteiger charge is -2.47. The van der Waals surface area contributed by atoms with Gasteiger partial charge in [0.2, 0.25) is 17.9 Å². The number of benzene rings is 1. The van der Waals surface area contributed by atoms with Crippen molar-refractivity contribution >= 4 is 22.8 Å². The Balaban J connectivity index is 1.44. The van der Waals surface area contributed by atoms with Crippen LogP contribution in [0.1, 0.15) is 80.4 Å². The molecular weight excluding hydrogens is 602 g/mol. The number of nitrogens with one attached hydrogen (secondary N) is 1. The zero-order valence-electron chi connectivity index (χ0n) is 25.9. The van der Waals surface area contributed by atoms with Gasteiger partial charge in [-0.25, -0.2) is 0 Å². The molecule has 13 heteroatoms. The maximum absolute atomic E-state index is 13.3. The largest absolute Gasteiger partial charge is 0.483 e. The molecule has 5 aliphatic rings. The van der Waals surface area contributed by atoms with E-state index in [1.54, 1.807) is 13.2 Å². The molecule has 3 fully saturated rings. The first-order valence-electron chi connectivity index (χ1n) is 16.5. The fraction of sp³-hybridized carbons (Fsp3) is 0.697. The maximum Gasteiger partial charge on any atom is 0.309 e. The molecule has 0 spiro atoms. The first kappa shape index (κ1) is 31.6. The molecule has 3 aliphatic carbocycles. The summed E-state index contributed by atoms with van der Waals surface area (Å²) in [4.78, 5) is 26.4. The van der Waals surface area contributed by atoms with Gasteiger partial charge in [-0.2, -0.15) is 0 Å². The second-order valence-electron chi connectivity index (χ2n) is 13.5. The molecular formula is C33H43NO12. The van der Waals surface area contributed by atoms with Gasteiger partial charge < -0.3 is 54.2 Å². The van der Waals surface area contributed by atoms with E-state index in [0.717, 1.165) is 42.2 Å². The number of hydrogen-bond acceptors (Lipinski definition) is 12. The summed E-state index contributed by atoms with van der Waals surface area (Å²) in [5.74, 6) is -1.24. The van der Waals surface area contributed by atoms with Crippen LogP contribution < -0.4 is 14.8 Å². The quantitative estimate of drug-likeness (QED) is 0.213. The average Bonchev–Trinajstić information content (AvgIpc) is 3.78. The molecule has 1 aromatic heterocycles. The van der Waals surface area contributed by atoms with E-state index in [1.807, 2.05) is 0 Å². The van der Waals surface area contributed by atoms with Gasteiger partial charge >= 0.3 is 5.97 Å². The van der Waals surface area contributed by atoms with E-state index >= 15 is 0 Å². The lowest BCUT2D eigenvalue weighted by Crippen LogP contribution is -2.68. The topological polar surface area (TPSA) is 197 Å². The van der Waals surface area contributed by atoms with Crippen molar-refractivity contribution in [2.45, 2.75) is 106 Å². The molecule has 6 N–H and O–H groups in total. The van der Waals surface area contributed by atoms with E-state index in [4.69, 9.17) is 23.4 Å². The van der Waals surface area contributed by atoms with Crippen molar-refractivity contribution in [3.8, 4) is 11.5 Å². The molecule has 9 unspecified atom stereocenters. The number of furan rings is 1. The normalized spacial score (nSPS) is 35.5. The number of ether oxygens (including phenoxy) is 4. The predicted molar refractivity (Wildman–Crippen MR) is 159 cm³/mol. The van der Waals surface area contributed by atoms with Crippen molar-refractivity contribution in [2.24, 2.45) is 11.8 Å². The lowest BCUT2D eigenvalue weighted by molar-refractivity contribution is -0.323. The lowest BCUT2D eigenvalue weighted by atomic mass is 9.72. The molecule has 46 heavy (non-hydrogen) atoms. The Labute approximate surface area is 265 Å². The van der Waals surface area contributed by atoms with Gasteiger partial charge in [0.15, 0.2) is 16.9 Å². The Kier molecular flexibility index (Phi) is 8.43. The van der Waals surface area contributed by atoms with Gasteiger partial charge in [0.1, 0.15) is 18.3 Å². The fourth-order valence-electron chi connectivity index (χ4n) is 8.50. The van der Waals surface area contributed by atoms with E-state index in [0.29, 0.717) is 30.5 Å². The van der Waals surface area contributed by atoms with E-state index < -0.39 is 55.8 Å². The Morgan fingerprint density at radius 3 is 2.61 bits per heavy atom. The van der Waals surface area contributed by atoms with Crippen molar-refractivity contribution in [3.05, 3.63) is 23.0 Å². The van der Waals surface area contributed by atoms with Gasteiger partial charge in [-0.3, -0.25) is 9.59 Å². The number of carbonyl (C=O) groups excluding carboxylic acids is 2. The molecule has 3 heterocycles. The molecule has 252 valence electrons. The standard InChI is InChI=1S/C33H43NO12/c1-2-42-31(40)16-9-15-10-18-20(12-34-30(18)39)21-14-43-27-24(21)23(15)19(11-16)26(28(27)44-17-5-3-4-6-17)46-32-33(41,7-8-35)29(38)25(37)22(13-36)45-32/h14-18,20,22,25,29,32,35-38,41H,2-13H2,1H3,(H,34,39). The monoisotopic (exact) mass is 645 g/mol. The molecule has 2 aromatic rings. The molecule has 7 rings (SSSR count). The highest BCUT2D eigenvalue weighted by Crippen LogP contribution is 2.57. The van der Waals surface area contributed by atoms with Crippen LogP contribution in [0.3, 0.4) is 0 Å². The summed E-state index contributed by atoms with van der Waals surface area (Å²) >= 11 is 0. The van der Waals surface area contributed by atoms with Gasteiger partial charge in [-0.05, 0) is 63.4 Å². The van der Waals surface area contributed by atoms with Crippen molar-refractivity contribution in [1.29, 1.82) is 0 Å². The van der Waals surface area contributed by atoms with Crippen LogP contribution in [-0.4, -0.2) is 100 Å². The molecule has 2 saturated heterocycles. The predicted octanol–water partition coefficient (Wildman–Crippen LogP) is 1.13. The number of fused-ring (bicyclic) bond motifs is 2. The third kappa shape index (κ3) is 4.98. The van der Waals surface area contributed by atoms with Crippen LogP contribution in [0.5, 0.6) is 11.5 Å². The smallest absolute Gasteiger partial charge is 0.309 e. The van der Waals surface area contributed by atoms with Crippen molar-refractivity contribution in [2.75, 3.05) is 26.4 Å². The summed E-state index contributed by atoms with van der Waals surface area (Å²) in [5.41, 5.74) is 0.554. The first-order valence-corrected chi connectivity index (χ1v) is 16.5. The first-order chi connectivity index (χ1) is 22.2. The zero-order valence-corrected chi connectivity index (χ0v) is 25.9. The number of aliphatic hydroxyl groups is 5. The van der Waals surface area contributed by atoms with Crippen molar-refractivity contribution in [1.82, 2.24) is 5.32 Å². The number of aliphatic hydroxyl groups excluding tert-OH is 4. The molecule has 1 saturated carbocycles. The summed E-state index contributed by atoms with van der Waals surface area (Å²) in [6.45, 7) is 1.18. The Morgan fingerprint density at radius 1 is 1.11 bits per heavy atom. The second kappa shape index (κ2) is 12.3. The molecule has 1 aromatic carbocycles. The van der Waals surface area contributed by atoms with Crippen molar-refractivity contribution < 1.29 is 58.5 Å². The summed E-state index contributed by atoms with van der Waals surface area (Å²) in [6.07, 6.45) is -0.613. The summed E-state index contributed by atoms with van der Waals surface area (Å²) in [6, 6.07) is 0. The van der Waals surface area contributed by atoms with Crippen LogP contribution in [0.15, 0.2) is 10.7 Å². The van der Waals surface area contributed by atoms with Gasteiger partial charge in [-0.15, -0.1) is 0 Å². The minimum absolute atomic E-state index is 0.0434. The van der Waals surface area contributed by atoms with Gasteiger partial charge in [0.05, 0.1) is 31.5 Å². The van der Waals surface area contributed by atoms with E-state index in [2.05, 4.69) is 5.32 Å². The highest BCUT2D eigenvalue weighted by Gasteiger charge is 2.57. The summed E-state index contributed by atoms with van der Waals surface area (Å²) < 4.78 is 30.9. The Bertz CT molecular complexity index is 1480. The summed E-state index contributed by atoms with van der Waals surface area (Å²) in [5, 5.41) is 57.0. The Hall–Kier alpha value is -2.94. The molecule has 0 bridgehead atoms. The second-order valence-corrected chi connectivity index (χ2v) is 13.5.